The highest BCUT2D eigenvalue weighted by Crippen LogP contribution is 2.31. The van der Waals surface area contributed by atoms with Crippen LogP contribution in [0.1, 0.15) is 124 Å². The van der Waals surface area contributed by atoms with Crippen molar-refractivity contribution in [1.29, 1.82) is 0 Å². The van der Waals surface area contributed by atoms with Crippen LogP contribution in [0.3, 0.4) is 0 Å². The van der Waals surface area contributed by atoms with E-state index < -0.39 is 0 Å². The molecule has 0 aromatic heterocycles. The molecule has 0 radical (unpaired) electrons. The number of hydrazine groups is 1. The van der Waals surface area contributed by atoms with Crippen LogP contribution in [-0.4, -0.2) is 29.7 Å². The fraction of sp³-hybridized carbons (Fsp3) is 1.00. The third kappa shape index (κ3) is 10.3. The maximum atomic E-state index is 6.68. The van der Waals surface area contributed by atoms with Crippen molar-refractivity contribution in [3.63, 3.8) is 0 Å². The number of rotatable bonds is 16. The first-order chi connectivity index (χ1) is 13.0. The normalized spacial score (nSPS) is 24.0. The highest BCUT2D eigenvalue weighted by atomic mass is 15.5. The molecular weight excluding hydrogens is 330 g/mol. The summed E-state index contributed by atoms with van der Waals surface area (Å²) in [6.07, 6.45) is 20.3. The SMILES string of the molecule is CCCCCCCCC1CN(N)C(CCCCCCCC)(CC(C)C)CN1. The molecule has 0 amide bonds. The van der Waals surface area contributed by atoms with Gasteiger partial charge in [0.25, 0.3) is 0 Å². The van der Waals surface area contributed by atoms with Crippen molar-refractivity contribution in [1.82, 2.24) is 10.3 Å². The molecule has 0 bridgehead atoms. The second-order valence-electron chi connectivity index (χ2n) is 9.63. The Morgan fingerprint density at radius 3 is 2.00 bits per heavy atom. The van der Waals surface area contributed by atoms with E-state index in [9.17, 15) is 0 Å². The van der Waals surface area contributed by atoms with Crippen LogP contribution in [0.4, 0.5) is 0 Å². The molecule has 0 aromatic carbocycles. The lowest BCUT2D eigenvalue weighted by Gasteiger charge is -2.49. The van der Waals surface area contributed by atoms with Gasteiger partial charge in [0.15, 0.2) is 0 Å². The van der Waals surface area contributed by atoms with Gasteiger partial charge < -0.3 is 5.32 Å². The topological polar surface area (TPSA) is 41.3 Å². The fourth-order valence-corrected chi connectivity index (χ4v) is 4.81. The van der Waals surface area contributed by atoms with E-state index in [2.05, 4.69) is 38.0 Å². The Kier molecular flexibility index (Phi) is 13.7. The second-order valence-corrected chi connectivity index (χ2v) is 9.63. The van der Waals surface area contributed by atoms with E-state index in [4.69, 9.17) is 5.84 Å². The highest BCUT2D eigenvalue weighted by molar-refractivity contribution is 4.97. The summed E-state index contributed by atoms with van der Waals surface area (Å²) in [4.78, 5) is 0. The summed E-state index contributed by atoms with van der Waals surface area (Å²) >= 11 is 0. The van der Waals surface area contributed by atoms with Crippen molar-refractivity contribution in [3.05, 3.63) is 0 Å². The zero-order valence-corrected chi connectivity index (χ0v) is 19.2. The summed E-state index contributed by atoms with van der Waals surface area (Å²) in [6, 6.07) is 0.589. The molecule has 1 saturated heterocycles. The molecule has 3 N–H and O–H groups in total. The zero-order valence-electron chi connectivity index (χ0n) is 19.2. The maximum Gasteiger partial charge on any atom is 0.0479 e. The minimum Gasteiger partial charge on any atom is -0.311 e. The minimum atomic E-state index is 0.177. The Labute approximate surface area is 171 Å². The van der Waals surface area contributed by atoms with E-state index in [0.717, 1.165) is 13.1 Å². The van der Waals surface area contributed by atoms with Crippen LogP contribution >= 0.6 is 0 Å². The molecule has 0 spiro atoms. The first-order valence-electron chi connectivity index (χ1n) is 12.3. The Morgan fingerprint density at radius 2 is 1.44 bits per heavy atom. The number of piperazine rings is 1. The third-order valence-electron chi connectivity index (χ3n) is 6.44. The van der Waals surface area contributed by atoms with E-state index in [1.807, 2.05) is 0 Å². The fourth-order valence-electron chi connectivity index (χ4n) is 4.81. The second kappa shape index (κ2) is 14.8. The molecule has 0 saturated carbocycles. The zero-order chi connectivity index (χ0) is 20.0. The van der Waals surface area contributed by atoms with Gasteiger partial charge in [0, 0.05) is 24.7 Å². The van der Waals surface area contributed by atoms with E-state index in [0.29, 0.717) is 12.0 Å². The molecule has 1 fully saturated rings. The molecule has 3 nitrogen and oxygen atoms in total. The molecule has 3 heteroatoms. The van der Waals surface area contributed by atoms with Gasteiger partial charge in [0.1, 0.15) is 0 Å². The molecule has 1 aliphatic heterocycles. The van der Waals surface area contributed by atoms with Crippen LogP contribution in [0.5, 0.6) is 0 Å². The lowest BCUT2D eigenvalue weighted by Crippen LogP contribution is -2.67. The van der Waals surface area contributed by atoms with Crippen LogP contribution in [0.2, 0.25) is 0 Å². The number of hydrogen-bond donors (Lipinski definition) is 2. The van der Waals surface area contributed by atoms with Gasteiger partial charge >= 0.3 is 0 Å². The van der Waals surface area contributed by atoms with Crippen LogP contribution in [0, 0.1) is 5.92 Å². The molecule has 2 atom stereocenters. The van der Waals surface area contributed by atoms with Crippen molar-refractivity contribution in [2.45, 2.75) is 136 Å². The monoisotopic (exact) mass is 381 g/mol. The molecule has 27 heavy (non-hydrogen) atoms. The average Bonchev–Trinajstić information content (AvgIpc) is 2.63. The first-order valence-corrected chi connectivity index (χ1v) is 12.3. The smallest absolute Gasteiger partial charge is 0.0479 e. The van der Waals surface area contributed by atoms with E-state index in [1.165, 1.54) is 96.3 Å². The number of unbranched alkanes of at least 4 members (excludes halogenated alkanes) is 10. The standard InChI is InChI=1S/C24H51N3/c1-5-7-9-11-13-15-17-23-20-27(25)24(21-26-23,19-22(3)4)18-16-14-12-10-8-6-2/h22-23,26H,5-21,25H2,1-4H3. The molecule has 1 heterocycles. The summed E-state index contributed by atoms with van der Waals surface area (Å²) in [6.45, 7) is 11.4. The van der Waals surface area contributed by atoms with Gasteiger partial charge in [-0.15, -0.1) is 0 Å². The van der Waals surface area contributed by atoms with Crippen LogP contribution in [0.25, 0.3) is 0 Å². The van der Waals surface area contributed by atoms with Gasteiger partial charge in [-0.2, -0.15) is 0 Å². The Bertz CT molecular complexity index is 345. The summed E-state index contributed by atoms with van der Waals surface area (Å²) in [7, 11) is 0. The molecule has 1 rings (SSSR count). The predicted molar refractivity (Wildman–Crippen MR) is 121 cm³/mol. The predicted octanol–water partition coefficient (Wildman–Crippen LogP) is 6.42. The number of hydrogen-bond acceptors (Lipinski definition) is 3. The van der Waals surface area contributed by atoms with Crippen molar-refractivity contribution in [2.24, 2.45) is 11.8 Å². The van der Waals surface area contributed by atoms with E-state index >= 15 is 0 Å². The summed E-state index contributed by atoms with van der Waals surface area (Å²) in [5.41, 5.74) is 0.177. The van der Waals surface area contributed by atoms with Crippen LogP contribution in [-0.2, 0) is 0 Å². The Balaban J connectivity index is 2.37. The molecular formula is C24H51N3. The van der Waals surface area contributed by atoms with Gasteiger partial charge in [-0.1, -0.05) is 105 Å². The van der Waals surface area contributed by atoms with Gasteiger partial charge in [0.05, 0.1) is 0 Å². The number of nitrogens with two attached hydrogens (primary N) is 1. The van der Waals surface area contributed by atoms with Gasteiger partial charge in [-0.25, -0.2) is 5.01 Å². The lowest BCUT2D eigenvalue weighted by molar-refractivity contribution is 0.0111. The summed E-state index contributed by atoms with van der Waals surface area (Å²) in [5.74, 6) is 7.38. The molecule has 0 aromatic rings. The van der Waals surface area contributed by atoms with Gasteiger partial charge in [-0.3, -0.25) is 5.84 Å². The van der Waals surface area contributed by atoms with Crippen LogP contribution in [0.15, 0.2) is 0 Å². The minimum absolute atomic E-state index is 0.177. The van der Waals surface area contributed by atoms with Crippen molar-refractivity contribution < 1.29 is 0 Å². The summed E-state index contributed by atoms with van der Waals surface area (Å²) in [5, 5.41) is 6.13. The maximum absolute atomic E-state index is 6.68. The Morgan fingerprint density at radius 1 is 0.889 bits per heavy atom. The number of nitrogens with zero attached hydrogens (tertiary/aromatic N) is 1. The molecule has 0 aliphatic carbocycles. The van der Waals surface area contributed by atoms with Gasteiger partial charge in [0.2, 0.25) is 0 Å². The molecule has 2 unspecified atom stereocenters. The van der Waals surface area contributed by atoms with Gasteiger partial charge in [-0.05, 0) is 25.2 Å². The third-order valence-corrected chi connectivity index (χ3v) is 6.44. The number of nitrogens with one attached hydrogen (secondary N) is 1. The Hall–Kier alpha value is -0.120. The molecule has 162 valence electrons. The first kappa shape index (κ1) is 24.9. The quantitative estimate of drug-likeness (QED) is 0.239. The lowest BCUT2D eigenvalue weighted by atomic mass is 9.81. The van der Waals surface area contributed by atoms with Crippen LogP contribution < -0.4 is 11.2 Å². The van der Waals surface area contributed by atoms with Crippen molar-refractivity contribution in [2.75, 3.05) is 13.1 Å². The van der Waals surface area contributed by atoms with E-state index in [1.54, 1.807) is 0 Å². The van der Waals surface area contributed by atoms with Crippen molar-refractivity contribution >= 4 is 0 Å². The summed E-state index contributed by atoms with van der Waals surface area (Å²) < 4.78 is 0. The highest BCUT2D eigenvalue weighted by Gasteiger charge is 2.39. The molecule has 1 aliphatic rings. The van der Waals surface area contributed by atoms with E-state index in [-0.39, 0.29) is 5.54 Å². The van der Waals surface area contributed by atoms with Crippen molar-refractivity contribution in [3.8, 4) is 0 Å². The average molecular weight is 382 g/mol. The largest absolute Gasteiger partial charge is 0.311 e.